The predicted molar refractivity (Wildman–Crippen MR) is 144 cm³/mol. The predicted octanol–water partition coefficient (Wildman–Crippen LogP) is 2.85. The van der Waals surface area contributed by atoms with E-state index in [9.17, 15) is 9.90 Å². The van der Waals surface area contributed by atoms with E-state index in [0.29, 0.717) is 41.3 Å². The van der Waals surface area contributed by atoms with Crippen LogP contribution in [0.15, 0.2) is 36.8 Å². The summed E-state index contributed by atoms with van der Waals surface area (Å²) in [6.45, 7) is 9.89. The number of β-amino-alcohol motifs (C(OH)–C–C–N with tert-alkyl or cyclic N) is 1. The Morgan fingerprint density at radius 2 is 2.06 bits per heavy atom. The Kier molecular flexibility index (Phi) is 8.27. The second kappa shape index (κ2) is 11.6. The largest absolute Gasteiger partial charge is 0.395 e. The number of aliphatic hydroxyl groups is 1. The molecule has 1 amide bonds. The number of carbonyl (C=O) groups excluding carboxylic acids is 1. The lowest BCUT2D eigenvalue weighted by molar-refractivity contribution is 0.0952. The zero-order valence-electron chi connectivity index (χ0n) is 21.3. The van der Waals surface area contributed by atoms with Crippen LogP contribution in [0.1, 0.15) is 54.7 Å². The first kappa shape index (κ1) is 25.7. The third-order valence-electron chi connectivity index (χ3n) is 7.18. The van der Waals surface area contributed by atoms with Gasteiger partial charge in [-0.3, -0.25) is 9.69 Å². The highest BCUT2D eigenvalue weighted by atomic mass is 16.3. The third kappa shape index (κ3) is 5.55. The van der Waals surface area contributed by atoms with Gasteiger partial charge in [0, 0.05) is 57.1 Å². The summed E-state index contributed by atoms with van der Waals surface area (Å²) in [6.07, 6.45) is 7.38. The monoisotopic (exact) mass is 494 g/mol. The van der Waals surface area contributed by atoms with Crippen molar-refractivity contribution in [2.24, 2.45) is 0 Å². The maximum Gasteiger partial charge on any atom is 0.267 e. The molecule has 1 aliphatic heterocycles. The van der Waals surface area contributed by atoms with E-state index in [-0.39, 0.29) is 18.6 Å². The molecule has 1 saturated carbocycles. The van der Waals surface area contributed by atoms with Crippen LogP contribution in [-0.4, -0.2) is 77.6 Å². The van der Waals surface area contributed by atoms with Gasteiger partial charge in [0.2, 0.25) is 0 Å². The maximum atomic E-state index is 12.6. The summed E-state index contributed by atoms with van der Waals surface area (Å²) < 4.78 is 2.02. The molecule has 2 aromatic heterocycles. The summed E-state index contributed by atoms with van der Waals surface area (Å²) in [5.74, 6) is 1.70. The average Bonchev–Trinajstić information content (AvgIpc) is 3.53. The zero-order valence-corrected chi connectivity index (χ0v) is 21.3. The van der Waals surface area contributed by atoms with Crippen LogP contribution in [0.3, 0.4) is 0 Å². The number of carbonyl (C=O) groups is 1. The van der Waals surface area contributed by atoms with Crippen molar-refractivity contribution in [3.8, 4) is 0 Å². The summed E-state index contributed by atoms with van der Waals surface area (Å²) in [6, 6.07) is 6.31. The molecule has 0 aromatic carbocycles. The van der Waals surface area contributed by atoms with Gasteiger partial charge in [0.15, 0.2) is 0 Å². The standard InChI is InChI=1S/C26H38N8O2/c1-18-17-33(11-10-32(18)12-13-35)22-8-9-24(29-16-22)30-19(2)31-25-20(15-27)14-23(26(36)28-3)34(25)21-6-4-5-7-21/h8-9,14-16,18,21,27,31,35H,2,4-7,10-13,17H2,1,3H3,(H,28,36)(H,29,30)/t18-/m1/s1. The van der Waals surface area contributed by atoms with E-state index < -0.39 is 0 Å². The molecule has 1 atom stereocenters. The van der Waals surface area contributed by atoms with Crippen molar-refractivity contribution in [3.63, 3.8) is 0 Å². The van der Waals surface area contributed by atoms with Gasteiger partial charge in [-0.15, -0.1) is 0 Å². The van der Waals surface area contributed by atoms with Crippen molar-refractivity contribution in [1.29, 1.82) is 5.41 Å². The highest BCUT2D eigenvalue weighted by Gasteiger charge is 2.27. The first-order valence-electron chi connectivity index (χ1n) is 12.7. The van der Waals surface area contributed by atoms with Gasteiger partial charge in [-0.05, 0) is 38.0 Å². The van der Waals surface area contributed by atoms with E-state index in [4.69, 9.17) is 5.41 Å². The first-order chi connectivity index (χ1) is 17.4. The molecule has 3 heterocycles. The molecule has 2 aliphatic rings. The van der Waals surface area contributed by atoms with E-state index in [1.54, 1.807) is 13.1 Å². The summed E-state index contributed by atoms with van der Waals surface area (Å²) in [5, 5.41) is 26.4. The van der Waals surface area contributed by atoms with Gasteiger partial charge in [-0.1, -0.05) is 19.4 Å². The van der Waals surface area contributed by atoms with Crippen LogP contribution in [0, 0.1) is 5.41 Å². The van der Waals surface area contributed by atoms with E-state index in [1.165, 1.54) is 6.21 Å². The number of nitrogens with zero attached hydrogens (tertiary/aromatic N) is 4. The fourth-order valence-corrected chi connectivity index (χ4v) is 5.30. The average molecular weight is 495 g/mol. The van der Waals surface area contributed by atoms with E-state index in [0.717, 1.165) is 51.0 Å². The van der Waals surface area contributed by atoms with E-state index in [2.05, 4.69) is 44.2 Å². The van der Waals surface area contributed by atoms with Crippen molar-refractivity contribution < 1.29 is 9.90 Å². The summed E-state index contributed by atoms with van der Waals surface area (Å²) in [4.78, 5) is 21.8. The lowest BCUT2D eigenvalue weighted by Gasteiger charge is -2.40. The van der Waals surface area contributed by atoms with Crippen LogP contribution in [0.5, 0.6) is 0 Å². The van der Waals surface area contributed by atoms with Crippen LogP contribution < -0.4 is 20.9 Å². The second-order valence-electron chi connectivity index (χ2n) is 9.55. The number of hydrogen-bond acceptors (Lipinski definition) is 8. The molecule has 194 valence electrons. The molecule has 10 heteroatoms. The van der Waals surface area contributed by atoms with Gasteiger partial charge < -0.3 is 35.9 Å². The molecular weight excluding hydrogens is 456 g/mol. The molecule has 0 unspecified atom stereocenters. The third-order valence-corrected chi connectivity index (χ3v) is 7.18. The Morgan fingerprint density at radius 1 is 1.28 bits per heavy atom. The van der Waals surface area contributed by atoms with Crippen molar-refractivity contribution >= 4 is 29.4 Å². The molecule has 1 aliphatic carbocycles. The Morgan fingerprint density at radius 3 is 2.67 bits per heavy atom. The van der Waals surface area contributed by atoms with Crippen LogP contribution >= 0.6 is 0 Å². The number of hydrogen-bond donors (Lipinski definition) is 5. The molecule has 5 N–H and O–H groups in total. The Hall–Kier alpha value is -3.37. The van der Waals surface area contributed by atoms with Gasteiger partial charge in [-0.25, -0.2) is 4.98 Å². The molecule has 10 nitrogen and oxygen atoms in total. The Labute approximate surface area is 212 Å². The molecule has 1 saturated heterocycles. The van der Waals surface area contributed by atoms with Crippen molar-refractivity contribution in [1.82, 2.24) is 19.8 Å². The fraction of sp³-hybridized carbons (Fsp3) is 0.500. The molecule has 4 rings (SSSR count). The van der Waals surface area contributed by atoms with Gasteiger partial charge in [0.25, 0.3) is 5.91 Å². The Bertz CT molecular complexity index is 1070. The molecular formula is C26H38N8O2. The number of aromatic nitrogens is 2. The number of amides is 1. The first-order valence-corrected chi connectivity index (χ1v) is 12.7. The molecule has 36 heavy (non-hydrogen) atoms. The molecule has 2 fully saturated rings. The highest BCUT2D eigenvalue weighted by molar-refractivity contribution is 5.98. The number of aliphatic hydroxyl groups excluding tert-OH is 1. The molecule has 0 radical (unpaired) electrons. The topological polar surface area (TPSA) is 122 Å². The number of piperazine rings is 1. The van der Waals surface area contributed by atoms with Crippen molar-refractivity contribution in [3.05, 3.63) is 48.1 Å². The summed E-state index contributed by atoms with van der Waals surface area (Å²) >= 11 is 0. The SMILES string of the molecule is C=C(Nc1ccc(N2CCN(CCO)[C@H](C)C2)cn1)Nc1c(C=N)cc(C(=O)NC)n1C1CCCC1. The van der Waals surface area contributed by atoms with Gasteiger partial charge >= 0.3 is 0 Å². The molecule has 0 bridgehead atoms. The molecule has 2 aromatic rings. The van der Waals surface area contributed by atoms with Crippen molar-refractivity contribution in [2.45, 2.75) is 44.7 Å². The lowest BCUT2D eigenvalue weighted by Crippen LogP contribution is -2.52. The van der Waals surface area contributed by atoms with Crippen molar-refractivity contribution in [2.75, 3.05) is 55.4 Å². The minimum atomic E-state index is -0.166. The zero-order chi connectivity index (χ0) is 25.7. The number of rotatable bonds is 10. The van der Waals surface area contributed by atoms with Gasteiger partial charge in [-0.2, -0.15) is 0 Å². The number of pyridine rings is 1. The quantitative estimate of drug-likeness (QED) is 0.322. The van der Waals surface area contributed by atoms with Gasteiger partial charge in [0.1, 0.15) is 23.2 Å². The minimum absolute atomic E-state index is 0.166. The maximum absolute atomic E-state index is 12.6. The lowest BCUT2D eigenvalue weighted by atomic mass is 10.2. The van der Waals surface area contributed by atoms with Crippen LogP contribution in [0.25, 0.3) is 0 Å². The second-order valence-corrected chi connectivity index (χ2v) is 9.55. The summed E-state index contributed by atoms with van der Waals surface area (Å²) in [7, 11) is 1.62. The minimum Gasteiger partial charge on any atom is -0.395 e. The van der Waals surface area contributed by atoms with Crippen LogP contribution in [0.4, 0.5) is 17.3 Å². The fourth-order valence-electron chi connectivity index (χ4n) is 5.30. The van der Waals surface area contributed by atoms with Crippen LogP contribution in [-0.2, 0) is 0 Å². The van der Waals surface area contributed by atoms with Crippen LogP contribution in [0.2, 0.25) is 0 Å². The number of anilines is 3. The molecule has 0 spiro atoms. The van der Waals surface area contributed by atoms with E-state index >= 15 is 0 Å². The normalized spacial score (nSPS) is 18.8. The van der Waals surface area contributed by atoms with Gasteiger partial charge in [0.05, 0.1) is 18.5 Å². The summed E-state index contributed by atoms with van der Waals surface area (Å²) in [5.41, 5.74) is 2.25. The highest BCUT2D eigenvalue weighted by Crippen LogP contribution is 2.36. The smallest absolute Gasteiger partial charge is 0.267 e. The number of nitrogens with one attached hydrogen (secondary N) is 4. The Balaban J connectivity index is 1.45. The van der Waals surface area contributed by atoms with E-state index in [1.807, 2.05) is 22.9 Å².